The number of carbonyl (C=O) groups excluding carboxylic acids is 4. The van der Waals surface area contributed by atoms with Gasteiger partial charge in [0.25, 0.3) is 0 Å². The number of nitrogens with one attached hydrogen (secondary N) is 5. The summed E-state index contributed by atoms with van der Waals surface area (Å²) in [4.78, 5) is 62.5. The van der Waals surface area contributed by atoms with Crippen molar-refractivity contribution in [3.63, 3.8) is 0 Å². The van der Waals surface area contributed by atoms with Gasteiger partial charge in [0.05, 0.1) is 0 Å². The monoisotopic (exact) mass is 671 g/mol. The van der Waals surface area contributed by atoms with Crippen molar-refractivity contribution >= 4 is 41.4 Å². The van der Waals surface area contributed by atoms with E-state index in [1.807, 2.05) is 6.92 Å². The van der Waals surface area contributed by atoms with Crippen LogP contribution in [0, 0.1) is 22.7 Å². The van der Waals surface area contributed by atoms with Crippen molar-refractivity contribution < 1.29 is 42.3 Å². The zero-order valence-electron chi connectivity index (χ0n) is 26.4. The van der Waals surface area contributed by atoms with E-state index in [4.69, 9.17) is 37.9 Å². The summed E-state index contributed by atoms with van der Waals surface area (Å²) in [5, 5.41) is 29.8. The quantitative estimate of drug-likeness (QED) is 0.0359. The number of nitrogens with two attached hydrogens (primary N) is 3. The number of carboxylic acid groups (broad SMARTS) is 1. The number of hydrogen-bond acceptors (Lipinski definition) is 7. The average Bonchev–Trinajstić information content (AvgIpc) is 2.99. The Bertz CT molecular complexity index is 1270. The number of nitrogens with zero attached hydrogens (tertiary/aromatic N) is 1. The molecule has 1 rings (SSSR count). The third kappa shape index (κ3) is 15.1. The molecule has 18 heteroatoms. The molecule has 1 aromatic rings. The van der Waals surface area contributed by atoms with Gasteiger partial charge < -0.3 is 43.2 Å². The number of benzene rings is 1. The van der Waals surface area contributed by atoms with Crippen LogP contribution >= 0.6 is 0 Å². The van der Waals surface area contributed by atoms with Gasteiger partial charge >= 0.3 is 12.1 Å². The Hall–Kier alpha value is -5.16. The highest BCUT2D eigenvalue weighted by Gasteiger charge is 2.39. The molecule has 4 atom stereocenters. The molecule has 15 nitrogen and oxygen atoms in total. The van der Waals surface area contributed by atoms with Gasteiger partial charge in [-0.25, -0.2) is 4.79 Å². The van der Waals surface area contributed by atoms with Crippen molar-refractivity contribution in [3.8, 4) is 0 Å². The molecule has 0 heterocycles. The summed E-state index contributed by atoms with van der Waals surface area (Å²) in [6, 6.07) is 4.67. The summed E-state index contributed by atoms with van der Waals surface area (Å²) in [6.45, 7) is 7.74. The molecule has 0 aromatic heterocycles. The second-order valence-electron chi connectivity index (χ2n) is 10.4. The van der Waals surface area contributed by atoms with Gasteiger partial charge in [0.2, 0.25) is 23.6 Å². The molecule has 0 aliphatic carbocycles. The van der Waals surface area contributed by atoms with Crippen LogP contribution in [0.2, 0.25) is 0 Å². The van der Waals surface area contributed by atoms with Crippen LogP contribution in [0.15, 0.2) is 36.9 Å². The lowest BCUT2D eigenvalue weighted by Gasteiger charge is -2.34. The number of likely N-dealkylation sites (N-methyl/N-ethyl adjacent to an activating group) is 1. The minimum absolute atomic E-state index is 0.0479. The van der Waals surface area contributed by atoms with Crippen molar-refractivity contribution in [1.82, 2.24) is 20.9 Å². The molecule has 2 unspecified atom stereocenters. The molecule has 12 N–H and O–H groups in total. The number of guanidine groups is 1. The number of rotatable bonds is 17. The number of nitrogen functional groups attached to an aromatic ring is 1. The predicted molar refractivity (Wildman–Crippen MR) is 168 cm³/mol. The van der Waals surface area contributed by atoms with Crippen LogP contribution < -0.4 is 33.2 Å². The van der Waals surface area contributed by atoms with E-state index in [0.29, 0.717) is 30.5 Å². The maximum absolute atomic E-state index is 13.8. The third-order valence-electron chi connectivity index (χ3n) is 6.84. The van der Waals surface area contributed by atoms with E-state index in [9.17, 15) is 32.3 Å². The number of carbonyl (C=O) groups is 5. The Morgan fingerprint density at radius 1 is 1.04 bits per heavy atom. The minimum Gasteiger partial charge on any atom is -0.475 e. The number of amidine groups is 1. The molecule has 0 saturated carbocycles. The van der Waals surface area contributed by atoms with E-state index in [1.165, 1.54) is 18.0 Å². The molecule has 1 aromatic carbocycles. The first-order valence-electron chi connectivity index (χ1n) is 14.3. The normalized spacial score (nSPS) is 13.2. The average molecular weight is 672 g/mol. The number of amides is 4. The molecule has 0 saturated heterocycles. The van der Waals surface area contributed by atoms with Crippen LogP contribution in [0.4, 0.5) is 13.2 Å². The smallest absolute Gasteiger partial charge is 0.475 e. The molecule has 0 aliphatic heterocycles. The van der Waals surface area contributed by atoms with Crippen LogP contribution in [-0.2, 0) is 30.4 Å². The molecule has 0 spiro atoms. The summed E-state index contributed by atoms with van der Waals surface area (Å²) in [5.74, 6) is -6.93. The molecule has 0 fully saturated rings. The van der Waals surface area contributed by atoms with Gasteiger partial charge in [-0.3, -0.25) is 30.0 Å². The molecule has 0 aliphatic rings. The highest BCUT2D eigenvalue weighted by Crippen LogP contribution is 2.20. The van der Waals surface area contributed by atoms with Gasteiger partial charge in [0, 0.05) is 25.7 Å². The third-order valence-corrected chi connectivity index (χ3v) is 6.84. The van der Waals surface area contributed by atoms with Gasteiger partial charge in [0.1, 0.15) is 23.8 Å². The lowest BCUT2D eigenvalue weighted by molar-refractivity contribution is -0.192. The SMILES string of the molecule is C=CCNC(=O)C(Cc1ccc(C(=N)N)cc1)C(=O)N(C)[C@H](C(=O)N[C@@H](CCCNC(=N)N)C(N)=O)C(C)CC.O=C(O)C(F)(F)F. The zero-order valence-corrected chi connectivity index (χ0v) is 26.4. The fourth-order valence-corrected chi connectivity index (χ4v) is 4.14. The standard InChI is InChI=1S/C27H43N9O4.C2HF3O2/c1-5-13-33-24(38)19(15-17-9-11-18(12-10-17)22(28)29)26(40)36(4)21(16(3)6-2)25(39)35-20(23(30)37)8-7-14-34-27(31)32;3-2(4,5)1(6)7/h5,9-12,16,19-21H,1,6-8,13-15H2,2-4H3,(H3,28,29)(H2,30,37)(H,33,38)(H,35,39)(H4,31,32,34);(H,6,7)/t16?,19?,20-,21-;/m0./s1. The van der Waals surface area contributed by atoms with E-state index >= 15 is 0 Å². The number of alkyl halides is 3. The number of hydrogen-bond donors (Lipinski definition) is 9. The second-order valence-corrected chi connectivity index (χ2v) is 10.4. The Morgan fingerprint density at radius 3 is 2.02 bits per heavy atom. The lowest BCUT2D eigenvalue weighted by atomic mass is 9.92. The molecule has 262 valence electrons. The number of primary amides is 1. The van der Waals surface area contributed by atoms with Gasteiger partial charge in [-0.15, -0.1) is 6.58 Å². The van der Waals surface area contributed by atoms with Gasteiger partial charge in [-0.1, -0.05) is 50.6 Å². The van der Waals surface area contributed by atoms with E-state index in [2.05, 4.69) is 22.5 Å². The number of halogens is 3. The summed E-state index contributed by atoms with van der Waals surface area (Å²) < 4.78 is 31.7. The van der Waals surface area contributed by atoms with E-state index < -0.39 is 53.8 Å². The highest BCUT2D eigenvalue weighted by molar-refractivity contribution is 6.02. The van der Waals surface area contributed by atoms with Crippen LogP contribution in [0.5, 0.6) is 0 Å². The topological polar surface area (TPSA) is 271 Å². The Kier molecular flexibility index (Phi) is 17.9. The zero-order chi connectivity index (χ0) is 36.5. The largest absolute Gasteiger partial charge is 0.490 e. The molecule has 47 heavy (non-hydrogen) atoms. The fraction of sp³-hybridized carbons (Fsp3) is 0.483. The first-order valence-corrected chi connectivity index (χ1v) is 14.3. The summed E-state index contributed by atoms with van der Waals surface area (Å²) in [5.41, 5.74) is 17.5. The van der Waals surface area contributed by atoms with Gasteiger partial charge in [-0.2, -0.15) is 13.2 Å². The van der Waals surface area contributed by atoms with Crippen molar-refractivity contribution in [2.24, 2.45) is 29.0 Å². The maximum Gasteiger partial charge on any atom is 0.490 e. The first kappa shape index (κ1) is 41.8. The number of carboxylic acids is 1. The van der Waals surface area contributed by atoms with E-state index in [0.717, 1.165) is 0 Å². The summed E-state index contributed by atoms with van der Waals surface area (Å²) in [6.07, 6.45) is -2.39. The van der Waals surface area contributed by atoms with Crippen LogP contribution in [0.3, 0.4) is 0 Å². The Labute approximate surface area is 270 Å². The van der Waals surface area contributed by atoms with Crippen LogP contribution in [0.25, 0.3) is 0 Å². The molecule has 0 bridgehead atoms. The Balaban J connectivity index is 0.00000270. The summed E-state index contributed by atoms with van der Waals surface area (Å²) >= 11 is 0. The molecule has 0 radical (unpaired) electrons. The minimum atomic E-state index is -5.08. The maximum atomic E-state index is 13.8. The number of aliphatic carboxylic acids is 1. The molecular formula is C29H44F3N9O6. The molecular weight excluding hydrogens is 627 g/mol. The van der Waals surface area contributed by atoms with Crippen LogP contribution in [0.1, 0.15) is 44.2 Å². The summed E-state index contributed by atoms with van der Waals surface area (Å²) in [7, 11) is 1.46. The first-order chi connectivity index (χ1) is 21.8. The Morgan fingerprint density at radius 2 is 1.60 bits per heavy atom. The van der Waals surface area contributed by atoms with E-state index in [1.54, 1.807) is 31.2 Å². The van der Waals surface area contributed by atoms with Gasteiger partial charge in [0.15, 0.2) is 5.96 Å². The second kappa shape index (κ2) is 20.1. The van der Waals surface area contributed by atoms with Crippen molar-refractivity contribution in [1.29, 1.82) is 10.8 Å². The fourth-order valence-electron chi connectivity index (χ4n) is 4.14. The van der Waals surface area contributed by atoms with Crippen molar-refractivity contribution in [3.05, 3.63) is 48.0 Å². The van der Waals surface area contributed by atoms with Gasteiger partial charge in [-0.05, 0) is 30.7 Å². The highest BCUT2D eigenvalue weighted by atomic mass is 19.4. The lowest BCUT2D eigenvalue weighted by Crippen LogP contribution is -2.57. The van der Waals surface area contributed by atoms with E-state index in [-0.39, 0.29) is 37.1 Å². The van der Waals surface area contributed by atoms with Crippen molar-refractivity contribution in [2.45, 2.75) is 57.8 Å². The van der Waals surface area contributed by atoms with Crippen LogP contribution in [-0.4, -0.2) is 89.8 Å². The van der Waals surface area contributed by atoms with Crippen molar-refractivity contribution in [2.75, 3.05) is 20.1 Å². The predicted octanol–water partition coefficient (Wildman–Crippen LogP) is 0.171. The molecule has 4 amide bonds.